The van der Waals surface area contributed by atoms with Crippen LogP contribution in [0, 0.1) is 5.82 Å². The lowest BCUT2D eigenvalue weighted by Gasteiger charge is -2.22. The number of hydrogen-bond acceptors (Lipinski definition) is 5. The predicted molar refractivity (Wildman–Crippen MR) is 142 cm³/mol. The Morgan fingerprint density at radius 2 is 1.82 bits per heavy atom. The van der Waals surface area contributed by atoms with E-state index in [4.69, 9.17) is 0 Å². The quantitative estimate of drug-likeness (QED) is 0.301. The molecular weight excluding hydrogens is 528 g/mol. The highest BCUT2D eigenvalue weighted by Gasteiger charge is 2.41. The number of anilines is 1. The Kier molecular flexibility index (Phi) is 5.65. The summed E-state index contributed by atoms with van der Waals surface area (Å²) < 4.78 is 59.4. The minimum atomic E-state index is -4.86. The lowest BCUT2D eigenvalue weighted by molar-refractivity contribution is -0.140. The molecule has 5 aromatic rings. The molecule has 1 atom stereocenters. The second kappa shape index (κ2) is 8.77. The molecule has 0 bridgehead atoms. The average Bonchev–Trinajstić information content (AvgIpc) is 3.46. The van der Waals surface area contributed by atoms with Crippen molar-refractivity contribution in [3.63, 3.8) is 0 Å². The van der Waals surface area contributed by atoms with Crippen molar-refractivity contribution in [2.75, 3.05) is 5.32 Å². The lowest BCUT2D eigenvalue weighted by Crippen LogP contribution is -2.32. The summed E-state index contributed by atoms with van der Waals surface area (Å²) in [7, 11) is 1.42. The first-order valence-electron chi connectivity index (χ1n) is 12.6. The van der Waals surface area contributed by atoms with Crippen LogP contribution in [0.2, 0.25) is 0 Å². The van der Waals surface area contributed by atoms with E-state index in [1.807, 2.05) is 6.92 Å². The summed E-state index contributed by atoms with van der Waals surface area (Å²) in [5.41, 5.74) is -1.60. The van der Waals surface area contributed by atoms with Crippen LogP contribution in [-0.4, -0.2) is 23.7 Å². The molecule has 0 unspecified atom stereocenters. The molecule has 0 aliphatic heterocycles. The summed E-state index contributed by atoms with van der Waals surface area (Å²) in [5, 5.41) is 7.74. The number of aromatic nitrogens is 5. The largest absolute Gasteiger partial charge is 0.419 e. The van der Waals surface area contributed by atoms with Gasteiger partial charge in [0.1, 0.15) is 11.5 Å². The Bertz CT molecular complexity index is 1930. The smallest absolute Gasteiger partial charge is 0.361 e. The topological polar surface area (TPSA) is 86.2 Å². The maximum absolute atomic E-state index is 15.0. The molecule has 6 rings (SSSR count). The van der Waals surface area contributed by atoms with Crippen LogP contribution in [-0.2, 0) is 18.8 Å². The fourth-order valence-electron chi connectivity index (χ4n) is 5.08. The Hall–Kier alpha value is -4.48. The highest BCUT2D eigenvalue weighted by molar-refractivity contribution is 6.00. The van der Waals surface area contributed by atoms with E-state index in [2.05, 4.69) is 15.4 Å². The van der Waals surface area contributed by atoms with Crippen LogP contribution in [0.25, 0.3) is 27.5 Å². The molecule has 1 aliphatic rings. The summed E-state index contributed by atoms with van der Waals surface area (Å²) in [6, 6.07) is 5.58. The van der Waals surface area contributed by atoms with Crippen LogP contribution in [0.1, 0.15) is 43.9 Å². The van der Waals surface area contributed by atoms with Gasteiger partial charge in [-0.3, -0.25) is 9.59 Å². The van der Waals surface area contributed by atoms with Crippen molar-refractivity contribution in [1.82, 2.24) is 23.7 Å². The number of benzene rings is 1. The van der Waals surface area contributed by atoms with Gasteiger partial charge in [-0.05, 0) is 44.9 Å². The van der Waals surface area contributed by atoms with Gasteiger partial charge in [-0.25, -0.2) is 14.1 Å². The number of halogens is 4. The number of imidazole rings is 1. The molecule has 1 aromatic carbocycles. The fourth-order valence-corrected chi connectivity index (χ4v) is 5.08. The predicted octanol–water partition coefficient (Wildman–Crippen LogP) is 5.25. The van der Waals surface area contributed by atoms with Gasteiger partial charge in [-0.15, -0.1) is 0 Å². The van der Waals surface area contributed by atoms with Crippen LogP contribution in [0.5, 0.6) is 0 Å². The molecule has 4 aromatic heterocycles. The van der Waals surface area contributed by atoms with E-state index in [0.29, 0.717) is 22.7 Å². The summed E-state index contributed by atoms with van der Waals surface area (Å²) >= 11 is 0. The van der Waals surface area contributed by atoms with Crippen molar-refractivity contribution in [2.24, 2.45) is 7.05 Å². The van der Waals surface area contributed by atoms with Crippen molar-refractivity contribution >= 4 is 22.2 Å². The van der Waals surface area contributed by atoms with Crippen molar-refractivity contribution in [3.8, 4) is 11.1 Å². The third kappa shape index (κ3) is 4.05. The maximum atomic E-state index is 15.0. The molecule has 206 valence electrons. The highest BCUT2D eigenvalue weighted by atomic mass is 19.4. The number of pyridine rings is 2. The maximum Gasteiger partial charge on any atom is 0.419 e. The zero-order valence-electron chi connectivity index (χ0n) is 21.8. The Morgan fingerprint density at radius 3 is 2.52 bits per heavy atom. The normalized spacial score (nSPS) is 15.5. The van der Waals surface area contributed by atoms with E-state index in [9.17, 15) is 27.2 Å². The van der Waals surface area contributed by atoms with E-state index >= 15 is 0 Å². The van der Waals surface area contributed by atoms with Gasteiger partial charge in [-0.2, -0.15) is 18.3 Å². The third-order valence-electron chi connectivity index (χ3n) is 7.61. The fraction of sp³-hybridized carbons (Fsp3) is 0.286. The first-order valence-corrected chi connectivity index (χ1v) is 12.6. The molecule has 1 N–H and O–H groups in total. The summed E-state index contributed by atoms with van der Waals surface area (Å²) in [5.74, 6) is -1.26. The summed E-state index contributed by atoms with van der Waals surface area (Å²) in [6.07, 6.45) is 3.27. The molecule has 1 fully saturated rings. The van der Waals surface area contributed by atoms with Gasteiger partial charge in [0, 0.05) is 53.9 Å². The van der Waals surface area contributed by atoms with Gasteiger partial charge < -0.3 is 14.3 Å². The first kappa shape index (κ1) is 25.8. The van der Waals surface area contributed by atoms with E-state index < -0.39 is 34.7 Å². The molecule has 8 nitrogen and oxygen atoms in total. The van der Waals surface area contributed by atoms with Crippen LogP contribution in [0.15, 0.2) is 64.7 Å². The van der Waals surface area contributed by atoms with Gasteiger partial charge in [0.2, 0.25) is 0 Å². The molecule has 40 heavy (non-hydrogen) atoms. The van der Waals surface area contributed by atoms with Gasteiger partial charge in [0.05, 0.1) is 22.6 Å². The molecule has 0 amide bonds. The van der Waals surface area contributed by atoms with E-state index in [0.717, 1.165) is 23.6 Å². The van der Waals surface area contributed by atoms with Gasteiger partial charge in [-0.1, -0.05) is 12.1 Å². The Balaban J connectivity index is 1.59. The zero-order chi connectivity index (χ0) is 28.6. The van der Waals surface area contributed by atoms with Crippen LogP contribution in [0.3, 0.4) is 0 Å². The van der Waals surface area contributed by atoms with E-state index in [1.165, 1.54) is 20.0 Å². The monoisotopic (exact) mass is 552 g/mol. The third-order valence-corrected chi connectivity index (χ3v) is 7.61. The number of nitrogens with one attached hydrogen (secondary N) is 1. The van der Waals surface area contributed by atoms with Gasteiger partial charge >= 0.3 is 6.18 Å². The second-order valence-electron chi connectivity index (χ2n) is 10.4. The van der Waals surface area contributed by atoms with E-state index in [-0.39, 0.29) is 27.9 Å². The Morgan fingerprint density at radius 1 is 1.07 bits per heavy atom. The van der Waals surface area contributed by atoms with Crippen molar-refractivity contribution < 1.29 is 17.6 Å². The zero-order valence-corrected chi connectivity index (χ0v) is 21.8. The first-order chi connectivity index (χ1) is 18.9. The number of fused-ring (bicyclic) bond motifs is 2. The van der Waals surface area contributed by atoms with Crippen molar-refractivity contribution in [2.45, 2.75) is 44.4 Å². The molecule has 1 aliphatic carbocycles. The molecular formula is C28H24F4N6O2. The second-order valence-corrected chi connectivity index (χ2v) is 10.4. The number of alkyl halides is 3. The van der Waals surface area contributed by atoms with Crippen LogP contribution in [0.4, 0.5) is 23.4 Å². The molecule has 12 heteroatoms. The molecule has 1 saturated carbocycles. The average molecular weight is 553 g/mol. The minimum Gasteiger partial charge on any atom is -0.361 e. The van der Waals surface area contributed by atoms with Gasteiger partial charge in [0.15, 0.2) is 5.82 Å². The van der Waals surface area contributed by atoms with Crippen molar-refractivity contribution in [1.29, 1.82) is 0 Å². The highest BCUT2D eigenvalue weighted by Crippen LogP contribution is 2.43. The van der Waals surface area contributed by atoms with Crippen molar-refractivity contribution in [3.05, 3.63) is 92.8 Å². The molecule has 0 saturated heterocycles. The number of rotatable bonds is 5. The standard InChI is InChI=1S/C28H24F4N6O2/c1-15(17-5-4-6-19(23(17)29)28(30,31)32)34-24-18-14-38(27(2)9-10-27)26(40)21(22(18)25(39)36(3)35-24)16-7-8-20-33-11-12-37(20)13-16/h4-8,11-15H,9-10H2,1-3H3,(H,34,35)/t15-/m1/s1. The number of aryl methyl sites for hydroxylation is 1. The minimum absolute atomic E-state index is 0.0988. The van der Waals surface area contributed by atoms with Crippen LogP contribution < -0.4 is 16.4 Å². The van der Waals surface area contributed by atoms with Crippen LogP contribution >= 0.6 is 0 Å². The molecule has 4 heterocycles. The van der Waals surface area contributed by atoms with Gasteiger partial charge in [0.25, 0.3) is 11.1 Å². The summed E-state index contributed by atoms with van der Waals surface area (Å²) in [6.45, 7) is 3.44. The Labute approximate surface area is 224 Å². The number of nitrogens with zero attached hydrogens (tertiary/aromatic N) is 5. The van der Waals surface area contributed by atoms with E-state index in [1.54, 1.807) is 45.9 Å². The SMILES string of the molecule is C[C@@H](Nc1nn(C)c(=O)c2c(-c3ccc4nccn4c3)c(=O)n(C3(C)CC3)cc12)c1cccc(C(F)(F)F)c1F. The lowest BCUT2D eigenvalue weighted by atomic mass is 10.0. The molecule has 0 spiro atoms. The molecule has 0 radical (unpaired) electrons. The number of hydrogen-bond donors (Lipinski definition) is 1. The summed E-state index contributed by atoms with van der Waals surface area (Å²) in [4.78, 5) is 31.7.